The minimum atomic E-state index is 0.0952. The van der Waals surface area contributed by atoms with Gasteiger partial charge in [0, 0.05) is 58.9 Å². The lowest BCUT2D eigenvalue weighted by molar-refractivity contribution is -0.116. The molecular formula is C25H30ClN3OS2. The average molecular weight is 488 g/mol. The number of thiophene rings is 1. The molecule has 0 bridgehead atoms. The number of rotatable bonds is 6. The first-order valence-electron chi connectivity index (χ1n) is 11.7. The van der Waals surface area contributed by atoms with Gasteiger partial charge < -0.3 is 10.2 Å². The van der Waals surface area contributed by atoms with Gasteiger partial charge in [0.15, 0.2) is 0 Å². The van der Waals surface area contributed by atoms with Crippen LogP contribution in [0.25, 0.3) is 6.08 Å². The Kier molecular flexibility index (Phi) is 7.12. The average Bonchev–Trinajstić information content (AvgIpc) is 3.20. The Balaban J connectivity index is 1.05. The number of amides is 1. The standard InChI is InChI=1S/C25H30ClN3OS2/c26-18-5-3-6-19(15-18)29-13-11-28(12-14-29)10-4-9-27-25(30)24-16-23-21(17-31-24)20-7-1-2-8-22(20)32-23/h3,5-6,15-16H,1-2,4,7-14,17H2,(H,27,30). The summed E-state index contributed by atoms with van der Waals surface area (Å²) in [6, 6.07) is 8.10. The Labute approximate surface area is 204 Å². The molecule has 0 spiro atoms. The number of carbonyl (C=O) groups is 1. The van der Waals surface area contributed by atoms with E-state index in [2.05, 4.69) is 27.3 Å². The van der Waals surface area contributed by atoms with Gasteiger partial charge in [-0.15, -0.1) is 23.1 Å². The van der Waals surface area contributed by atoms with Crippen molar-refractivity contribution in [3.8, 4) is 0 Å². The minimum absolute atomic E-state index is 0.0952. The monoisotopic (exact) mass is 487 g/mol. The maximum absolute atomic E-state index is 12.7. The fraction of sp³-hybridized carbons (Fsp3) is 0.480. The van der Waals surface area contributed by atoms with E-state index in [-0.39, 0.29) is 5.91 Å². The number of carbonyl (C=O) groups excluding carboxylic acids is 1. The molecule has 1 fully saturated rings. The molecule has 3 heterocycles. The van der Waals surface area contributed by atoms with Gasteiger partial charge in [0.05, 0.1) is 4.91 Å². The molecule has 32 heavy (non-hydrogen) atoms. The van der Waals surface area contributed by atoms with Crippen LogP contribution in [0.4, 0.5) is 5.69 Å². The zero-order valence-electron chi connectivity index (χ0n) is 18.4. The maximum Gasteiger partial charge on any atom is 0.257 e. The van der Waals surface area contributed by atoms with Crippen LogP contribution in [0, 0.1) is 0 Å². The van der Waals surface area contributed by atoms with Crippen molar-refractivity contribution in [2.24, 2.45) is 0 Å². The number of anilines is 1. The van der Waals surface area contributed by atoms with Gasteiger partial charge in [-0.05, 0) is 74.1 Å². The number of benzene rings is 1. The second-order valence-electron chi connectivity index (χ2n) is 8.77. The molecule has 3 aliphatic rings. The SMILES string of the molecule is O=C(NCCCN1CCN(c2cccc(Cl)c2)CC1)C1=Cc2sc3c(c2CS1)CCCC3. The summed E-state index contributed by atoms with van der Waals surface area (Å²) in [5, 5.41) is 3.94. The predicted octanol–water partition coefficient (Wildman–Crippen LogP) is 5.20. The van der Waals surface area contributed by atoms with Crippen LogP contribution in [0.1, 0.15) is 40.1 Å². The Bertz CT molecular complexity index is 1010. The third kappa shape index (κ3) is 5.04. The van der Waals surface area contributed by atoms with E-state index in [0.29, 0.717) is 0 Å². The second kappa shape index (κ2) is 10.2. The molecule has 1 aromatic carbocycles. The first-order chi connectivity index (χ1) is 15.7. The fourth-order valence-electron chi connectivity index (χ4n) is 4.86. The van der Waals surface area contributed by atoms with Gasteiger partial charge in [-0.1, -0.05) is 17.7 Å². The number of piperazine rings is 1. The van der Waals surface area contributed by atoms with Crippen molar-refractivity contribution < 1.29 is 4.79 Å². The molecule has 0 saturated carbocycles. The van der Waals surface area contributed by atoms with Crippen molar-refractivity contribution in [1.82, 2.24) is 10.2 Å². The molecular weight excluding hydrogens is 458 g/mol. The molecule has 4 nitrogen and oxygen atoms in total. The number of thioether (sulfide) groups is 1. The van der Waals surface area contributed by atoms with Crippen molar-refractivity contribution in [1.29, 1.82) is 0 Å². The van der Waals surface area contributed by atoms with E-state index in [9.17, 15) is 4.79 Å². The number of hydrogen-bond donors (Lipinski definition) is 1. The molecule has 2 aromatic rings. The minimum Gasteiger partial charge on any atom is -0.369 e. The van der Waals surface area contributed by atoms with Gasteiger partial charge in [-0.25, -0.2) is 0 Å². The van der Waals surface area contributed by atoms with Crippen LogP contribution >= 0.6 is 34.7 Å². The van der Waals surface area contributed by atoms with E-state index in [1.165, 1.54) is 41.8 Å². The topological polar surface area (TPSA) is 35.6 Å². The van der Waals surface area contributed by atoms with Crippen LogP contribution in [0.15, 0.2) is 29.2 Å². The van der Waals surface area contributed by atoms with Gasteiger partial charge in [0.1, 0.15) is 0 Å². The zero-order chi connectivity index (χ0) is 21.9. The molecule has 0 atom stereocenters. The van der Waals surface area contributed by atoms with Crippen molar-refractivity contribution in [3.63, 3.8) is 0 Å². The van der Waals surface area contributed by atoms with E-state index in [0.717, 1.165) is 61.4 Å². The number of halogens is 1. The summed E-state index contributed by atoms with van der Waals surface area (Å²) in [4.78, 5) is 21.4. The van der Waals surface area contributed by atoms with Gasteiger partial charge in [0.2, 0.25) is 0 Å². The Morgan fingerprint density at radius 2 is 1.94 bits per heavy atom. The molecule has 0 unspecified atom stereocenters. The number of fused-ring (bicyclic) bond motifs is 3. The third-order valence-electron chi connectivity index (χ3n) is 6.65. The molecule has 1 aromatic heterocycles. The molecule has 2 aliphatic heterocycles. The molecule has 1 N–H and O–H groups in total. The van der Waals surface area contributed by atoms with Crippen LogP contribution < -0.4 is 10.2 Å². The van der Waals surface area contributed by atoms with E-state index < -0.39 is 0 Å². The fourth-order valence-corrected chi connectivity index (χ4v) is 7.60. The van der Waals surface area contributed by atoms with Crippen molar-refractivity contribution in [3.05, 3.63) is 55.1 Å². The van der Waals surface area contributed by atoms with E-state index >= 15 is 0 Å². The first kappa shape index (κ1) is 22.3. The summed E-state index contributed by atoms with van der Waals surface area (Å²) in [6.45, 7) is 5.89. The Morgan fingerprint density at radius 1 is 1.09 bits per heavy atom. The van der Waals surface area contributed by atoms with Crippen LogP contribution in [0.5, 0.6) is 0 Å². The highest BCUT2D eigenvalue weighted by molar-refractivity contribution is 8.03. The quantitative estimate of drug-likeness (QED) is 0.568. The molecule has 170 valence electrons. The Morgan fingerprint density at radius 3 is 2.78 bits per heavy atom. The highest BCUT2D eigenvalue weighted by Gasteiger charge is 2.25. The molecule has 7 heteroatoms. The summed E-state index contributed by atoms with van der Waals surface area (Å²) < 4.78 is 0. The second-order valence-corrected chi connectivity index (χ2v) is 11.4. The largest absolute Gasteiger partial charge is 0.369 e. The summed E-state index contributed by atoms with van der Waals surface area (Å²) in [5.41, 5.74) is 4.30. The van der Waals surface area contributed by atoms with Gasteiger partial charge >= 0.3 is 0 Å². The van der Waals surface area contributed by atoms with Gasteiger partial charge in [-0.3, -0.25) is 9.69 Å². The van der Waals surface area contributed by atoms with Crippen LogP contribution in [0.2, 0.25) is 5.02 Å². The smallest absolute Gasteiger partial charge is 0.257 e. The molecule has 5 rings (SSSR count). The van der Waals surface area contributed by atoms with Gasteiger partial charge in [0.25, 0.3) is 5.91 Å². The van der Waals surface area contributed by atoms with E-state index in [1.807, 2.05) is 29.5 Å². The number of nitrogens with one attached hydrogen (secondary N) is 1. The molecule has 1 aliphatic carbocycles. The van der Waals surface area contributed by atoms with Crippen molar-refractivity contribution in [2.45, 2.75) is 37.9 Å². The zero-order valence-corrected chi connectivity index (χ0v) is 20.8. The highest BCUT2D eigenvalue weighted by atomic mass is 35.5. The number of hydrogen-bond acceptors (Lipinski definition) is 5. The summed E-state index contributed by atoms with van der Waals surface area (Å²) >= 11 is 9.76. The number of nitrogens with zero attached hydrogens (tertiary/aromatic N) is 2. The molecule has 1 saturated heterocycles. The number of aryl methyl sites for hydroxylation is 1. The highest BCUT2D eigenvalue weighted by Crippen LogP contribution is 2.42. The lowest BCUT2D eigenvalue weighted by atomic mass is 9.95. The van der Waals surface area contributed by atoms with Crippen molar-refractivity contribution >= 4 is 52.4 Å². The van der Waals surface area contributed by atoms with Crippen LogP contribution in [-0.4, -0.2) is 50.1 Å². The molecule has 0 radical (unpaired) electrons. The summed E-state index contributed by atoms with van der Waals surface area (Å²) in [5.74, 6) is 1.05. The van der Waals surface area contributed by atoms with E-state index in [1.54, 1.807) is 22.2 Å². The first-order valence-corrected chi connectivity index (χ1v) is 13.8. The Hall–Kier alpha value is -1.47. The summed E-state index contributed by atoms with van der Waals surface area (Å²) in [6.07, 6.45) is 8.20. The third-order valence-corrected chi connectivity index (χ3v) is 9.22. The predicted molar refractivity (Wildman–Crippen MR) is 138 cm³/mol. The van der Waals surface area contributed by atoms with Crippen molar-refractivity contribution in [2.75, 3.05) is 44.2 Å². The lowest BCUT2D eigenvalue weighted by Crippen LogP contribution is -2.47. The van der Waals surface area contributed by atoms with Crippen LogP contribution in [0.3, 0.4) is 0 Å². The van der Waals surface area contributed by atoms with Gasteiger partial charge in [-0.2, -0.15) is 0 Å². The normalized spacial score (nSPS) is 18.7. The maximum atomic E-state index is 12.7. The van der Waals surface area contributed by atoms with Crippen LogP contribution in [-0.2, 0) is 23.4 Å². The lowest BCUT2D eigenvalue weighted by Gasteiger charge is -2.36. The van der Waals surface area contributed by atoms with E-state index in [4.69, 9.17) is 11.6 Å². The molecule has 1 amide bonds. The summed E-state index contributed by atoms with van der Waals surface area (Å²) in [7, 11) is 0.